The van der Waals surface area contributed by atoms with E-state index in [4.69, 9.17) is 16.0 Å². The number of halogens is 1. The Morgan fingerprint density at radius 2 is 1.92 bits per heavy atom. The molecule has 0 aliphatic carbocycles. The SMILES string of the molecule is Cc1ccc(NC(=O)CCc2ccc(-c3cccc(Cl)c3)o2)c(C)c1. The number of hydrogen-bond acceptors (Lipinski definition) is 2. The minimum Gasteiger partial charge on any atom is -0.461 e. The van der Waals surface area contributed by atoms with Crippen molar-refractivity contribution in [3.05, 3.63) is 76.5 Å². The molecule has 3 nitrogen and oxygen atoms in total. The first-order chi connectivity index (χ1) is 12.0. The molecule has 1 aromatic heterocycles. The van der Waals surface area contributed by atoms with E-state index in [9.17, 15) is 4.79 Å². The van der Waals surface area contributed by atoms with Crippen LogP contribution in [0.3, 0.4) is 0 Å². The molecule has 0 aliphatic rings. The van der Waals surface area contributed by atoms with Crippen LogP contribution in [0.15, 0.2) is 59.0 Å². The molecule has 1 amide bonds. The average molecular weight is 354 g/mol. The maximum atomic E-state index is 12.2. The lowest BCUT2D eigenvalue weighted by atomic mass is 10.1. The summed E-state index contributed by atoms with van der Waals surface area (Å²) in [6, 6.07) is 17.3. The van der Waals surface area contributed by atoms with Gasteiger partial charge in [-0.1, -0.05) is 41.4 Å². The minimum atomic E-state index is -0.0207. The molecule has 0 fully saturated rings. The van der Waals surface area contributed by atoms with Crippen LogP contribution in [-0.2, 0) is 11.2 Å². The molecule has 0 atom stereocenters. The largest absolute Gasteiger partial charge is 0.461 e. The minimum absolute atomic E-state index is 0.0207. The molecule has 0 unspecified atom stereocenters. The van der Waals surface area contributed by atoms with Gasteiger partial charge in [0, 0.05) is 29.1 Å². The van der Waals surface area contributed by atoms with E-state index in [1.165, 1.54) is 5.56 Å². The molecule has 1 heterocycles. The van der Waals surface area contributed by atoms with Crippen molar-refractivity contribution in [2.45, 2.75) is 26.7 Å². The molecule has 4 heteroatoms. The second-order valence-corrected chi connectivity index (χ2v) is 6.58. The summed E-state index contributed by atoms with van der Waals surface area (Å²) in [6.07, 6.45) is 0.924. The quantitative estimate of drug-likeness (QED) is 0.631. The highest BCUT2D eigenvalue weighted by Gasteiger charge is 2.09. The molecule has 25 heavy (non-hydrogen) atoms. The van der Waals surface area contributed by atoms with Crippen molar-refractivity contribution in [1.29, 1.82) is 0 Å². The van der Waals surface area contributed by atoms with E-state index in [-0.39, 0.29) is 5.91 Å². The van der Waals surface area contributed by atoms with Gasteiger partial charge in [-0.2, -0.15) is 0 Å². The van der Waals surface area contributed by atoms with Gasteiger partial charge in [-0.3, -0.25) is 4.79 Å². The van der Waals surface area contributed by atoms with Crippen LogP contribution >= 0.6 is 11.6 Å². The standard InChI is InChI=1S/C21H20ClNO2/c1-14-6-9-19(15(2)12-14)23-21(24)11-8-18-7-10-20(25-18)16-4-3-5-17(22)13-16/h3-7,9-10,12-13H,8,11H2,1-2H3,(H,23,24). The predicted molar refractivity (Wildman–Crippen MR) is 102 cm³/mol. The van der Waals surface area contributed by atoms with Crippen LogP contribution in [0.4, 0.5) is 5.69 Å². The van der Waals surface area contributed by atoms with Gasteiger partial charge in [-0.25, -0.2) is 0 Å². The zero-order valence-corrected chi connectivity index (χ0v) is 15.1. The van der Waals surface area contributed by atoms with Crippen molar-refractivity contribution >= 4 is 23.2 Å². The number of carbonyl (C=O) groups is 1. The zero-order chi connectivity index (χ0) is 17.8. The number of rotatable bonds is 5. The number of anilines is 1. The van der Waals surface area contributed by atoms with Crippen molar-refractivity contribution < 1.29 is 9.21 Å². The summed E-state index contributed by atoms with van der Waals surface area (Å²) in [4.78, 5) is 12.2. The second-order valence-electron chi connectivity index (χ2n) is 6.14. The summed E-state index contributed by atoms with van der Waals surface area (Å²) in [6.45, 7) is 4.03. The number of aryl methyl sites for hydroxylation is 3. The maximum absolute atomic E-state index is 12.2. The zero-order valence-electron chi connectivity index (χ0n) is 14.3. The molecule has 0 aliphatic heterocycles. The summed E-state index contributed by atoms with van der Waals surface area (Å²) in [5.41, 5.74) is 4.03. The van der Waals surface area contributed by atoms with Crippen LogP contribution in [0.5, 0.6) is 0 Å². The molecule has 0 bridgehead atoms. The lowest BCUT2D eigenvalue weighted by Gasteiger charge is -2.08. The third-order valence-electron chi connectivity index (χ3n) is 4.03. The van der Waals surface area contributed by atoms with Crippen LogP contribution < -0.4 is 5.32 Å². The monoisotopic (exact) mass is 353 g/mol. The first kappa shape index (κ1) is 17.3. The Morgan fingerprint density at radius 1 is 1.08 bits per heavy atom. The number of benzene rings is 2. The summed E-state index contributed by atoms with van der Waals surface area (Å²) < 4.78 is 5.83. The number of furan rings is 1. The van der Waals surface area contributed by atoms with Gasteiger partial charge in [0.1, 0.15) is 11.5 Å². The second kappa shape index (κ2) is 7.58. The fourth-order valence-electron chi connectivity index (χ4n) is 2.71. The van der Waals surface area contributed by atoms with Gasteiger partial charge in [0.15, 0.2) is 0 Å². The van der Waals surface area contributed by atoms with Gasteiger partial charge >= 0.3 is 0 Å². The highest BCUT2D eigenvalue weighted by molar-refractivity contribution is 6.30. The van der Waals surface area contributed by atoms with E-state index in [2.05, 4.69) is 11.4 Å². The molecular formula is C21H20ClNO2. The van der Waals surface area contributed by atoms with E-state index >= 15 is 0 Å². The predicted octanol–water partition coefficient (Wildman–Crippen LogP) is 5.79. The van der Waals surface area contributed by atoms with Gasteiger partial charge < -0.3 is 9.73 Å². The summed E-state index contributed by atoms with van der Waals surface area (Å²) >= 11 is 6.01. The van der Waals surface area contributed by atoms with Crippen molar-refractivity contribution in [2.75, 3.05) is 5.32 Å². The van der Waals surface area contributed by atoms with Gasteiger partial charge in [0.2, 0.25) is 5.91 Å². The van der Waals surface area contributed by atoms with Crippen molar-refractivity contribution in [3.63, 3.8) is 0 Å². The molecule has 0 spiro atoms. The molecule has 0 saturated carbocycles. The van der Waals surface area contributed by atoms with Crippen LogP contribution in [0.2, 0.25) is 5.02 Å². The molecule has 128 valence electrons. The van der Waals surface area contributed by atoms with Crippen molar-refractivity contribution in [3.8, 4) is 11.3 Å². The smallest absolute Gasteiger partial charge is 0.224 e. The Bertz CT molecular complexity index is 898. The van der Waals surface area contributed by atoms with Gasteiger partial charge in [-0.15, -0.1) is 0 Å². The number of nitrogens with one attached hydrogen (secondary N) is 1. The summed E-state index contributed by atoms with van der Waals surface area (Å²) in [7, 11) is 0. The van der Waals surface area contributed by atoms with Crippen LogP contribution in [0.1, 0.15) is 23.3 Å². The third kappa shape index (κ3) is 4.52. The third-order valence-corrected chi connectivity index (χ3v) is 4.26. The number of amides is 1. The van der Waals surface area contributed by atoms with Crippen molar-refractivity contribution in [1.82, 2.24) is 0 Å². The topological polar surface area (TPSA) is 42.2 Å². The molecule has 3 aromatic rings. The van der Waals surface area contributed by atoms with E-state index in [0.29, 0.717) is 17.9 Å². The Labute approximate surface area is 152 Å². The van der Waals surface area contributed by atoms with Crippen LogP contribution in [0.25, 0.3) is 11.3 Å². The highest BCUT2D eigenvalue weighted by Crippen LogP contribution is 2.25. The fourth-order valence-corrected chi connectivity index (χ4v) is 2.90. The van der Waals surface area contributed by atoms with E-state index < -0.39 is 0 Å². The number of hydrogen-bond donors (Lipinski definition) is 1. The summed E-state index contributed by atoms with van der Waals surface area (Å²) in [5, 5.41) is 3.63. The molecule has 2 aromatic carbocycles. The highest BCUT2D eigenvalue weighted by atomic mass is 35.5. The molecule has 1 N–H and O–H groups in total. The summed E-state index contributed by atoms with van der Waals surface area (Å²) in [5.74, 6) is 1.52. The van der Waals surface area contributed by atoms with Gasteiger partial charge in [0.25, 0.3) is 0 Å². The lowest BCUT2D eigenvalue weighted by molar-refractivity contribution is -0.116. The molecule has 3 rings (SSSR count). The maximum Gasteiger partial charge on any atom is 0.224 e. The Hall–Kier alpha value is -2.52. The average Bonchev–Trinajstić information content (AvgIpc) is 3.05. The fraction of sp³-hybridized carbons (Fsp3) is 0.190. The Morgan fingerprint density at radius 3 is 2.68 bits per heavy atom. The van der Waals surface area contributed by atoms with E-state index in [1.54, 1.807) is 0 Å². The first-order valence-corrected chi connectivity index (χ1v) is 8.61. The van der Waals surface area contributed by atoms with E-state index in [0.717, 1.165) is 28.3 Å². The Balaban J connectivity index is 1.59. The molecular weight excluding hydrogens is 334 g/mol. The molecule has 0 radical (unpaired) electrons. The lowest BCUT2D eigenvalue weighted by Crippen LogP contribution is -2.13. The Kier molecular flexibility index (Phi) is 5.25. The van der Waals surface area contributed by atoms with E-state index in [1.807, 2.05) is 62.4 Å². The number of carbonyl (C=O) groups excluding carboxylic acids is 1. The normalized spacial score (nSPS) is 10.7. The van der Waals surface area contributed by atoms with Gasteiger partial charge in [-0.05, 0) is 49.7 Å². The van der Waals surface area contributed by atoms with Crippen LogP contribution in [-0.4, -0.2) is 5.91 Å². The van der Waals surface area contributed by atoms with Gasteiger partial charge in [0.05, 0.1) is 0 Å². The molecule has 0 saturated heterocycles. The van der Waals surface area contributed by atoms with Crippen molar-refractivity contribution in [2.24, 2.45) is 0 Å². The van der Waals surface area contributed by atoms with Crippen LogP contribution in [0, 0.1) is 13.8 Å². The first-order valence-electron chi connectivity index (χ1n) is 8.23.